The minimum atomic E-state index is -4.77. The van der Waals surface area contributed by atoms with Crippen LogP contribution in [0.3, 0.4) is 0 Å². The Kier molecular flexibility index (Phi) is 10.1. The first-order valence-electron chi connectivity index (χ1n) is 13.1. The Bertz CT molecular complexity index is 1860. The number of nitro benzene ring substituents is 2. The van der Waals surface area contributed by atoms with Crippen LogP contribution in [0, 0.1) is 20.2 Å². The second-order valence-corrected chi connectivity index (χ2v) is 10.5. The van der Waals surface area contributed by atoms with Gasteiger partial charge in [-0.2, -0.15) is 26.3 Å². The first-order valence-corrected chi connectivity index (χ1v) is 13.9. The third-order valence-electron chi connectivity index (χ3n) is 6.45. The van der Waals surface area contributed by atoms with Crippen molar-refractivity contribution in [3.63, 3.8) is 0 Å². The fraction of sp³-hybridized carbons (Fsp3) is 0.133. The lowest BCUT2D eigenvalue weighted by atomic mass is 10.00. The summed E-state index contributed by atoms with van der Waals surface area (Å²) in [5, 5.41) is 22.8. The van der Waals surface area contributed by atoms with Crippen LogP contribution in [-0.4, -0.2) is 21.8 Å². The Labute approximate surface area is 279 Å². The topological polar surface area (TPSA) is 148 Å². The quantitative estimate of drug-likeness (QED) is 0.0567. The maximum absolute atomic E-state index is 13.2. The molecule has 0 heterocycles. The third-order valence-corrected chi connectivity index (χ3v) is 7.16. The third kappa shape index (κ3) is 7.84. The predicted octanol–water partition coefficient (Wildman–Crippen LogP) is 9.82. The zero-order chi connectivity index (χ0) is 36.6. The Balaban J connectivity index is 2.02. The number of hydrogen-bond donors (Lipinski definition) is 0. The maximum Gasteiger partial charge on any atom is 0.416 e. The average molecular weight is 733 g/mol. The van der Waals surface area contributed by atoms with E-state index in [2.05, 4.69) is 0 Å². The molecular weight excluding hydrogens is 717 g/mol. The summed E-state index contributed by atoms with van der Waals surface area (Å²) >= 11 is 12.7. The molecule has 0 aliphatic rings. The molecule has 0 atom stereocenters. The van der Waals surface area contributed by atoms with Crippen molar-refractivity contribution in [1.82, 2.24) is 0 Å². The van der Waals surface area contributed by atoms with Crippen LogP contribution in [0.1, 0.15) is 25.0 Å². The van der Waals surface area contributed by atoms with Gasteiger partial charge in [0.25, 0.3) is 0 Å². The van der Waals surface area contributed by atoms with Crippen molar-refractivity contribution in [2.75, 3.05) is 0 Å². The molecule has 0 aliphatic carbocycles. The molecule has 0 saturated carbocycles. The van der Waals surface area contributed by atoms with Gasteiger partial charge in [-0.25, -0.2) is 0 Å². The number of carbonyl (C=O) groups excluding carboxylic acids is 2. The van der Waals surface area contributed by atoms with E-state index in [9.17, 15) is 56.2 Å². The number of ether oxygens (including phenoxy) is 3. The molecule has 0 radical (unpaired) electrons. The lowest BCUT2D eigenvalue weighted by molar-refractivity contribution is -0.385. The number of rotatable bonds is 8. The van der Waals surface area contributed by atoms with E-state index in [1.54, 1.807) is 0 Å². The van der Waals surface area contributed by atoms with Crippen LogP contribution in [0.5, 0.6) is 23.0 Å². The summed E-state index contributed by atoms with van der Waals surface area (Å²) in [6.45, 7) is 1.72. The van der Waals surface area contributed by atoms with Crippen molar-refractivity contribution < 1.29 is 60.0 Å². The molecule has 0 aliphatic heterocycles. The van der Waals surface area contributed by atoms with Crippen molar-refractivity contribution >= 4 is 46.5 Å². The lowest BCUT2D eigenvalue weighted by Crippen LogP contribution is -2.08. The van der Waals surface area contributed by atoms with Crippen LogP contribution in [0.15, 0.2) is 60.7 Å². The molecule has 19 heteroatoms. The fourth-order valence-corrected chi connectivity index (χ4v) is 4.87. The molecule has 11 nitrogen and oxygen atoms in total. The Morgan fingerprint density at radius 3 is 1.18 bits per heavy atom. The highest BCUT2D eigenvalue weighted by atomic mass is 35.5. The molecule has 4 rings (SSSR count). The molecule has 0 fully saturated rings. The van der Waals surface area contributed by atoms with E-state index in [4.69, 9.17) is 37.4 Å². The molecular formula is C30H16Cl2F6N2O9. The van der Waals surface area contributed by atoms with E-state index < -0.39 is 101 Å². The number of benzene rings is 4. The number of nitrogens with zero attached hydrogens (tertiary/aromatic N) is 2. The minimum absolute atomic E-state index is 0.213. The molecule has 256 valence electrons. The normalized spacial score (nSPS) is 11.6. The molecule has 0 aromatic heterocycles. The van der Waals surface area contributed by atoms with Gasteiger partial charge in [-0.3, -0.25) is 29.8 Å². The molecule has 4 aromatic carbocycles. The van der Waals surface area contributed by atoms with Gasteiger partial charge in [0.05, 0.1) is 32.1 Å². The van der Waals surface area contributed by atoms with Gasteiger partial charge >= 0.3 is 35.7 Å². The van der Waals surface area contributed by atoms with Crippen LogP contribution < -0.4 is 14.2 Å². The predicted molar refractivity (Wildman–Crippen MR) is 160 cm³/mol. The highest BCUT2D eigenvalue weighted by molar-refractivity contribution is 6.35. The van der Waals surface area contributed by atoms with E-state index in [1.165, 1.54) is 0 Å². The van der Waals surface area contributed by atoms with Crippen LogP contribution in [0.25, 0.3) is 22.3 Å². The summed E-state index contributed by atoms with van der Waals surface area (Å²) in [5.74, 6) is -5.27. The van der Waals surface area contributed by atoms with Crippen LogP contribution in [-0.2, 0) is 21.9 Å². The zero-order valence-corrected chi connectivity index (χ0v) is 25.9. The lowest BCUT2D eigenvalue weighted by Gasteiger charge is -2.18. The summed E-state index contributed by atoms with van der Waals surface area (Å²) in [4.78, 5) is 46.1. The molecule has 0 amide bonds. The zero-order valence-electron chi connectivity index (χ0n) is 24.4. The van der Waals surface area contributed by atoms with Crippen LogP contribution >= 0.6 is 23.2 Å². The molecule has 49 heavy (non-hydrogen) atoms. The van der Waals surface area contributed by atoms with Crippen molar-refractivity contribution in [3.8, 4) is 45.3 Å². The number of halogens is 8. The van der Waals surface area contributed by atoms with Gasteiger partial charge in [-0.05, 0) is 47.5 Å². The Morgan fingerprint density at radius 2 is 0.939 bits per heavy atom. The molecule has 0 bridgehead atoms. The van der Waals surface area contributed by atoms with Crippen molar-refractivity contribution in [3.05, 3.63) is 102 Å². The number of hydrogen-bond acceptors (Lipinski definition) is 9. The first-order chi connectivity index (χ1) is 22.7. The summed E-state index contributed by atoms with van der Waals surface area (Å²) in [7, 11) is 0. The van der Waals surface area contributed by atoms with E-state index >= 15 is 0 Å². The summed E-state index contributed by atoms with van der Waals surface area (Å²) in [6.07, 6.45) is -9.53. The smallest absolute Gasteiger partial charge is 0.416 e. The van der Waals surface area contributed by atoms with Crippen LogP contribution in [0.2, 0.25) is 10.0 Å². The molecule has 0 N–H and O–H groups in total. The minimum Gasteiger partial charge on any atom is -0.454 e. The van der Waals surface area contributed by atoms with Crippen molar-refractivity contribution in [1.29, 1.82) is 0 Å². The van der Waals surface area contributed by atoms with E-state index in [0.717, 1.165) is 50.2 Å². The average Bonchev–Trinajstić information content (AvgIpc) is 2.99. The maximum atomic E-state index is 13.2. The largest absolute Gasteiger partial charge is 0.454 e. The highest BCUT2D eigenvalue weighted by Crippen LogP contribution is 2.53. The number of alkyl halides is 6. The summed E-state index contributed by atoms with van der Waals surface area (Å²) < 4.78 is 95.0. The van der Waals surface area contributed by atoms with Gasteiger partial charge in [-0.15, -0.1) is 0 Å². The second-order valence-electron chi connectivity index (χ2n) is 9.78. The molecule has 4 aromatic rings. The molecule has 0 saturated heterocycles. The van der Waals surface area contributed by atoms with Gasteiger partial charge in [0.1, 0.15) is 10.0 Å². The van der Waals surface area contributed by atoms with Crippen molar-refractivity contribution in [2.24, 2.45) is 0 Å². The highest BCUT2D eigenvalue weighted by Gasteiger charge is 2.35. The first kappa shape index (κ1) is 36.4. The van der Waals surface area contributed by atoms with Crippen LogP contribution in [0.4, 0.5) is 37.7 Å². The Hall–Kier alpha value is -5.42. The Morgan fingerprint density at radius 1 is 0.633 bits per heavy atom. The summed E-state index contributed by atoms with van der Waals surface area (Å²) in [6, 6.07) is 7.73. The van der Waals surface area contributed by atoms with E-state index in [1.807, 2.05) is 0 Å². The van der Waals surface area contributed by atoms with E-state index in [0.29, 0.717) is 24.3 Å². The fourth-order valence-electron chi connectivity index (χ4n) is 4.42. The number of nitro groups is 2. The van der Waals surface area contributed by atoms with Gasteiger partial charge in [0.2, 0.25) is 11.5 Å². The molecule has 0 spiro atoms. The number of carbonyl (C=O) groups is 2. The van der Waals surface area contributed by atoms with Gasteiger partial charge in [0.15, 0.2) is 11.5 Å². The number of esters is 2. The second kappa shape index (κ2) is 13.6. The standard InChI is InChI=1S/C30H16Cl2F6N2O9/c1-13(41)47-27-23(31)21(11-19(25(27)39(43)44)15-3-7-17(8-4-15)29(33,34)35)49-22-12-20(16-5-9-18(10-6-16)30(36,37)38)26(40(45)46)28(24(22)32)48-14(2)42/h3-12H,1-2H3. The molecule has 0 unspecified atom stereocenters. The van der Waals surface area contributed by atoms with Gasteiger partial charge < -0.3 is 14.2 Å². The van der Waals surface area contributed by atoms with Gasteiger partial charge in [0, 0.05) is 13.8 Å². The van der Waals surface area contributed by atoms with E-state index in [-0.39, 0.29) is 11.1 Å². The monoisotopic (exact) mass is 732 g/mol. The summed E-state index contributed by atoms with van der Waals surface area (Å²) in [5.41, 5.74) is -5.51. The van der Waals surface area contributed by atoms with Crippen molar-refractivity contribution in [2.45, 2.75) is 26.2 Å². The SMILES string of the molecule is CC(=O)Oc1c(Cl)c(Oc2cc(-c3ccc(C(F)(F)F)cc3)c([N+](=O)[O-])c(OC(C)=O)c2Cl)cc(-c2ccc(C(F)(F)F)cc2)c1[N+](=O)[O-]. The van der Waals surface area contributed by atoms with Gasteiger partial charge in [-0.1, -0.05) is 47.5 Å².